The fourth-order valence-electron chi connectivity index (χ4n) is 4.55. The molecule has 3 aromatic rings. The van der Waals surface area contributed by atoms with E-state index in [2.05, 4.69) is 5.32 Å². The highest BCUT2D eigenvalue weighted by molar-refractivity contribution is 6.30. The number of halogens is 3. The summed E-state index contributed by atoms with van der Waals surface area (Å²) >= 11 is 5.78. The highest BCUT2D eigenvalue weighted by atomic mass is 35.5. The predicted octanol–water partition coefficient (Wildman–Crippen LogP) is 3.35. The maximum absolute atomic E-state index is 14.4. The van der Waals surface area contributed by atoms with Gasteiger partial charge in [-0.3, -0.25) is 24.4 Å². The number of likely N-dealkylation sites (tertiary alicyclic amines) is 1. The van der Waals surface area contributed by atoms with Crippen LogP contribution in [-0.2, 0) is 22.7 Å². The monoisotopic (exact) mass is 546 g/mol. The van der Waals surface area contributed by atoms with E-state index in [1.165, 1.54) is 55.1 Å². The number of hydrogen-bond donors (Lipinski definition) is 2. The first kappa shape index (κ1) is 27.2. The molecule has 0 bridgehead atoms. The molecule has 2 atom stereocenters. The smallest absolute Gasteiger partial charge is 0.277 e. The second-order valence-corrected chi connectivity index (χ2v) is 9.52. The van der Waals surface area contributed by atoms with Gasteiger partial charge in [-0.15, -0.1) is 0 Å². The Morgan fingerprint density at radius 3 is 2.63 bits per heavy atom. The van der Waals surface area contributed by atoms with Crippen molar-refractivity contribution in [2.45, 2.75) is 38.6 Å². The third-order valence-corrected chi connectivity index (χ3v) is 6.76. The van der Waals surface area contributed by atoms with E-state index in [4.69, 9.17) is 11.6 Å². The average molecular weight is 547 g/mol. The highest BCUT2D eigenvalue weighted by Crippen LogP contribution is 2.26. The van der Waals surface area contributed by atoms with Crippen molar-refractivity contribution in [2.75, 3.05) is 13.6 Å². The molecule has 1 saturated heterocycles. The summed E-state index contributed by atoms with van der Waals surface area (Å²) in [5.41, 5.74) is 0.962. The number of nitrogens with zero attached hydrogens (tertiary/aromatic N) is 3. The Bertz CT molecular complexity index is 1440. The summed E-state index contributed by atoms with van der Waals surface area (Å²) in [4.78, 5) is 51.7. The minimum Gasteiger partial charge on any atom is -0.350 e. The molecule has 38 heavy (non-hydrogen) atoms. The lowest BCUT2D eigenvalue weighted by molar-refractivity contribution is -0.139. The number of alkyl halides is 1. The Hall–Kier alpha value is -3.83. The van der Waals surface area contributed by atoms with Crippen LogP contribution < -0.4 is 5.32 Å². The van der Waals surface area contributed by atoms with Crippen molar-refractivity contribution in [1.29, 1.82) is 0 Å². The summed E-state index contributed by atoms with van der Waals surface area (Å²) in [6.07, 6.45) is -0.194. The van der Waals surface area contributed by atoms with Gasteiger partial charge in [0.25, 0.3) is 5.91 Å². The molecule has 2 aromatic carbocycles. The maximum atomic E-state index is 14.4. The van der Waals surface area contributed by atoms with Gasteiger partial charge in [-0.05, 0) is 25.1 Å². The molecule has 3 amide bonds. The Balaban J connectivity index is 1.57. The first-order valence-corrected chi connectivity index (χ1v) is 12.1. The van der Waals surface area contributed by atoms with Crippen LogP contribution in [0.4, 0.5) is 8.78 Å². The van der Waals surface area contributed by atoms with Crippen molar-refractivity contribution in [3.05, 3.63) is 70.1 Å². The number of hydrogen-bond acceptors (Lipinski definition) is 5. The van der Waals surface area contributed by atoms with Gasteiger partial charge in [0.05, 0.1) is 17.1 Å². The molecule has 2 heterocycles. The van der Waals surface area contributed by atoms with Crippen molar-refractivity contribution in [1.82, 2.24) is 19.8 Å². The Morgan fingerprint density at radius 1 is 1.21 bits per heavy atom. The van der Waals surface area contributed by atoms with Crippen LogP contribution in [0.3, 0.4) is 0 Å². The topological polar surface area (TPSA) is 112 Å². The third kappa shape index (κ3) is 5.39. The SMILES string of the molecule is CC(=O)c1cn(CC(=O)N2C[C@H](F)C[C@H]2C(=O)NCc2cccc(Cl)c2F)c2cc(C(=O)N(C)O)ccc12. The predicted molar refractivity (Wildman–Crippen MR) is 134 cm³/mol. The van der Waals surface area contributed by atoms with Crippen LogP contribution in [-0.4, -0.2) is 69.0 Å². The van der Waals surface area contributed by atoms with Crippen molar-refractivity contribution in [3.8, 4) is 0 Å². The Morgan fingerprint density at radius 2 is 1.95 bits per heavy atom. The van der Waals surface area contributed by atoms with Gasteiger partial charge in [0, 0.05) is 48.3 Å². The summed E-state index contributed by atoms with van der Waals surface area (Å²) in [7, 11) is 1.17. The first-order chi connectivity index (χ1) is 18.0. The molecular weight excluding hydrogens is 522 g/mol. The van der Waals surface area contributed by atoms with Gasteiger partial charge in [-0.25, -0.2) is 13.8 Å². The van der Waals surface area contributed by atoms with E-state index in [9.17, 15) is 33.2 Å². The van der Waals surface area contributed by atoms with E-state index in [0.29, 0.717) is 21.5 Å². The lowest BCUT2D eigenvalue weighted by Crippen LogP contribution is -2.46. The fourth-order valence-corrected chi connectivity index (χ4v) is 4.75. The van der Waals surface area contributed by atoms with Gasteiger partial charge in [-0.1, -0.05) is 29.8 Å². The van der Waals surface area contributed by atoms with Crippen LogP contribution in [0.5, 0.6) is 0 Å². The molecule has 1 aliphatic rings. The number of aromatic nitrogens is 1. The van der Waals surface area contributed by atoms with Gasteiger partial charge in [0.1, 0.15) is 24.6 Å². The summed E-state index contributed by atoms with van der Waals surface area (Å²) in [5, 5.41) is 12.9. The lowest BCUT2D eigenvalue weighted by atomic mass is 10.1. The number of rotatable bonds is 7. The molecular formula is C26H25ClF2N4O5. The number of benzene rings is 2. The summed E-state index contributed by atoms with van der Waals surface area (Å²) < 4.78 is 30.0. The van der Waals surface area contributed by atoms with Gasteiger partial charge in [0.15, 0.2) is 5.78 Å². The number of hydroxylamine groups is 2. The van der Waals surface area contributed by atoms with Crippen LogP contribution in [0, 0.1) is 5.82 Å². The fraction of sp³-hybridized carbons (Fsp3) is 0.308. The minimum absolute atomic E-state index is 0.0994. The zero-order chi connectivity index (χ0) is 27.7. The second kappa shape index (κ2) is 10.9. The van der Waals surface area contributed by atoms with Crippen LogP contribution >= 0.6 is 11.6 Å². The minimum atomic E-state index is -1.43. The average Bonchev–Trinajstić information content (AvgIpc) is 3.44. The molecule has 200 valence electrons. The molecule has 4 rings (SSSR count). The van der Waals surface area contributed by atoms with Crippen LogP contribution in [0.15, 0.2) is 42.6 Å². The van der Waals surface area contributed by atoms with Crippen molar-refractivity contribution >= 4 is 46.0 Å². The van der Waals surface area contributed by atoms with Gasteiger partial charge >= 0.3 is 0 Å². The molecule has 1 aliphatic heterocycles. The van der Waals surface area contributed by atoms with Crippen LogP contribution in [0.1, 0.15) is 39.6 Å². The number of Topliss-reactive ketones (excluding diaryl/α,β-unsaturated/α-hetero) is 1. The second-order valence-electron chi connectivity index (χ2n) is 9.11. The Labute approximate surface area is 221 Å². The number of carbonyl (C=O) groups excluding carboxylic acids is 4. The Kier molecular flexibility index (Phi) is 7.79. The van der Waals surface area contributed by atoms with Crippen molar-refractivity contribution < 1.29 is 33.2 Å². The number of carbonyl (C=O) groups is 4. The number of nitrogens with one attached hydrogen (secondary N) is 1. The lowest BCUT2D eigenvalue weighted by Gasteiger charge is -2.24. The van der Waals surface area contributed by atoms with E-state index in [0.717, 1.165) is 4.90 Å². The standard InChI is InChI=1S/C26H25ClF2N4O5/c1-14(34)19-12-32(21-8-15(6-7-18(19)21)26(37)31(2)38)13-23(35)33-11-17(28)9-22(33)25(36)30-10-16-4-3-5-20(27)24(16)29/h3-8,12,17,22,38H,9-11,13H2,1-2H3,(H,30,36)/t17-,22+/m1/s1. The van der Waals surface area contributed by atoms with E-state index in [1.54, 1.807) is 6.07 Å². The van der Waals surface area contributed by atoms with Gasteiger partial charge in [-0.2, -0.15) is 0 Å². The molecule has 1 fully saturated rings. The molecule has 9 nitrogen and oxygen atoms in total. The quantitative estimate of drug-likeness (QED) is 0.268. The van der Waals surface area contributed by atoms with Crippen LogP contribution in [0.2, 0.25) is 5.02 Å². The zero-order valence-electron chi connectivity index (χ0n) is 20.6. The largest absolute Gasteiger partial charge is 0.350 e. The maximum Gasteiger partial charge on any atom is 0.277 e. The zero-order valence-corrected chi connectivity index (χ0v) is 21.3. The summed E-state index contributed by atoms with van der Waals surface area (Å²) in [6.45, 7) is 0.524. The van der Waals surface area contributed by atoms with E-state index < -0.39 is 35.8 Å². The van der Waals surface area contributed by atoms with E-state index in [-0.39, 0.29) is 48.0 Å². The van der Waals surface area contributed by atoms with Crippen molar-refractivity contribution in [3.63, 3.8) is 0 Å². The summed E-state index contributed by atoms with van der Waals surface area (Å²) in [6, 6.07) is 7.68. The molecule has 0 aliphatic carbocycles. The van der Waals surface area contributed by atoms with Crippen molar-refractivity contribution in [2.24, 2.45) is 0 Å². The van der Waals surface area contributed by atoms with Gasteiger partial charge in [0.2, 0.25) is 11.8 Å². The number of fused-ring (bicyclic) bond motifs is 1. The molecule has 2 N–H and O–H groups in total. The first-order valence-electron chi connectivity index (χ1n) is 11.7. The van der Waals surface area contributed by atoms with E-state index in [1.807, 2.05) is 0 Å². The normalized spacial score (nSPS) is 17.1. The van der Waals surface area contributed by atoms with Crippen LogP contribution in [0.25, 0.3) is 10.9 Å². The van der Waals surface area contributed by atoms with Gasteiger partial charge < -0.3 is 14.8 Å². The van der Waals surface area contributed by atoms with E-state index >= 15 is 0 Å². The number of ketones is 1. The molecule has 0 unspecified atom stereocenters. The number of amides is 3. The molecule has 12 heteroatoms. The molecule has 0 saturated carbocycles. The molecule has 0 radical (unpaired) electrons. The summed E-state index contributed by atoms with van der Waals surface area (Å²) in [5.74, 6) is -2.86. The third-order valence-electron chi connectivity index (χ3n) is 6.47. The molecule has 0 spiro atoms. The highest BCUT2D eigenvalue weighted by Gasteiger charge is 2.39. The molecule has 1 aromatic heterocycles.